The lowest BCUT2D eigenvalue weighted by Crippen LogP contribution is -2.33. The molecule has 0 aliphatic carbocycles. The van der Waals surface area contributed by atoms with Gasteiger partial charge in [0.05, 0.1) is 41.4 Å². The Kier molecular flexibility index (Phi) is 9.43. The van der Waals surface area contributed by atoms with E-state index in [1.807, 2.05) is 13.0 Å². The van der Waals surface area contributed by atoms with Gasteiger partial charge in [0.1, 0.15) is 5.16 Å². The fourth-order valence-corrected chi connectivity index (χ4v) is 5.03. The molecule has 214 valence electrons. The first kappa shape index (κ1) is 29.8. The highest BCUT2D eigenvalue weighted by molar-refractivity contribution is 6.31. The molecule has 3 aromatic rings. The third kappa shape index (κ3) is 6.76. The minimum absolute atomic E-state index is 0.0210. The molecule has 1 aromatic carbocycles. The SMILES string of the molecule is CN=C1C(=CN)NC(=O)C(C)CCCC(n2cnc(-c3cc(Cl)ccc3N(N)/C=C(\N)Cl)cc2=O)c2cncc1c2. The maximum absolute atomic E-state index is 13.6. The van der Waals surface area contributed by atoms with Crippen molar-refractivity contribution in [2.24, 2.45) is 28.2 Å². The van der Waals surface area contributed by atoms with Crippen LogP contribution in [0.1, 0.15) is 43.4 Å². The van der Waals surface area contributed by atoms with Crippen molar-refractivity contribution in [3.05, 3.63) is 98.8 Å². The monoisotopic (exact) mass is 595 g/mol. The summed E-state index contributed by atoms with van der Waals surface area (Å²) in [5.41, 5.74) is 14.8. The first-order chi connectivity index (χ1) is 19.6. The lowest BCUT2D eigenvalue weighted by Gasteiger charge is -2.23. The maximum Gasteiger partial charge on any atom is 0.254 e. The lowest BCUT2D eigenvalue weighted by atomic mass is 9.94. The van der Waals surface area contributed by atoms with Gasteiger partial charge in [-0.15, -0.1) is 0 Å². The van der Waals surface area contributed by atoms with Crippen LogP contribution in [-0.2, 0) is 4.79 Å². The van der Waals surface area contributed by atoms with Gasteiger partial charge in [-0.3, -0.25) is 29.1 Å². The number of halogens is 2. The fraction of sp³-hybridized carbons (Fsp3) is 0.250. The second-order valence-electron chi connectivity index (χ2n) is 9.60. The van der Waals surface area contributed by atoms with E-state index in [0.717, 1.165) is 5.56 Å². The molecule has 1 aliphatic rings. The largest absolute Gasteiger partial charge is 0.403 e. The van der Waals surface area contributed by atoms with Gasteiger partial charge in [-0.05, 0) is 42.7 Å². The molecule has 0 saturated carbocycles. The molecule has 7 N–H and O–H groups in total. The van der Waals surface area contributed by atoms with Gasteiger partial charge in [0.25, 0.3) is 5.56 Å². The van der Waals surface area contributed by atoms with E-state index < -0.39 is 6.04 Å². The lowest BCUT2D eigenvalue weighted by molar-refractivity contribution is -0.123. The van der Waals surface area contributed by atoms with Crippen LogP contribution in [0.2, 0.25) is 5.02 Å². The second-order valence-corrected chi connectivity index (χ2v) is 10.5. The van der Waals surface area contributed by atoms with E-state index in [2.05, 4.69) is 20.3 Å². The van der Waals surface area contributed by atoms with Crippen LogP contribution >= 0.6 is 23.2 Å². The van der Waals surface area contributed by atoms with Crippen molar-refractivity contribution in [2.75, 3.05) is 12.1 Å². The van der Waals surface area contributed by atoms with Gasteiger partial charge < -0.3 is 16.8 Å². The number of carbonyl (C=O) groups is 1. The summed E-state index contributed by atoms with van der Waals surface area (Å²) in [4.78, 5) is 39.8. The van der Waals surface area contributed by atoms with Crippen LogP contribution in [0.25, 0.3) is 11.3 Å². The number of hydrogen-bond donors (Lipinski definition) is 4. The molecule has 0 radical (unpaired) electrons. The summed E-state index contributed by atoms with van der Waals surface area (Å²) in [5, 5.41) is 4.53. The summed E-state index contributed by atoms with van der Waals surface area (Å²) < 4.78 is 1.56. The number of anilines is 1. The Labute approximate surface area is 247 Å². The molecule has 4 rings (SSSR count). The number of hydrogen-bond acceptors (Lipinski definition) is 9. The van der Waals surface area contributed by atoms with Gasteiger partial charge in [-0.25, -0.2) is 10.8 Å². The highest BCUT2D eigenvalue weighted by Gasteiger charge is 2.23. The third-order valence-electron chi connectivity index (χ3n) is 6.83. The topological polar surface area (TPSA) is 171 Å². The van der Waals surface area contributed by atoms with Crippen LogP contribution in [0.15, 0.2) is 82.1 Å². The zero-order valence-corrected chi connectivity index (χ0v) is 24.1. The number of amides is 1. The minimum atomic E-state index is -0.404. The summed E-state index contributed by atoms with van der Waals surface area (Å²) in [6.45, 7) is 1.85. The number of aliphatic imine (C=N–C) groups is 1. The van der Waals surface area contributed by atoms with Gasteiger partial charge in [0.2, 0.25) is 5.91 Å². The average molecular weight is 597 g/mol. The number of aromatic nitrogens is 3. The number of fused-ring (bicyclic) bond motifs is 2. The number of hydrazine groups is 1. The molecule has 1 aliphatic heterocycles. The van der Waals surface area contributed by atoms with Crippen LogP contribution in [0.5, 0.6) is 0 Å². The van der Waals surface area contributed by atoms with Crippen molar-refractivity contribution in [1.82, 2.24) is 19.9 Å². The Morgan fingerprint density at radius 1 is 1.22 bits per heavy atom. The van der Waals surface area contributed by atoms with E-state index in [-0.39, 0.29) is 22.5 Å². The number of carbonyl (C=O) groups excluding carboxylic acids is 1. The van der Waals surface area contributed by atoms with E-state index in [4.69, 9.17) is 40.5 Å². The standard InChI is InChI=1S/C28H31Cl2N9O2/c1-16-4-3-5-23(17-8-18(13-35-12-17)27(34-2)22(11-31)37-28(16)41)38-15-36-21(10-26(38)40)20-9-19(29)6-7-24(20)39(33)14-25(30)32/h6-16,23H,3-5,31-33H2,1-2H3,(H,37,41)/b22-11?,25-14-,34-27?. The predicted octanol–water partition coefficient (Wildman–Crippen LogP) is 3.38. The van der Waals surface area contributed by atoms with Crippen molar-refractivity contribution >= 4 is 40.5 Å². The fourth-order valence-electron chi connectivity index (χ4n) is 4.76. The Morgan fingerprint density at radius 3 is 2.68 bits per heavy atom. The highest BCUT2D eigenvalue weighted by Crippen LogP contribution is 2.32. The van der Waals surface area contributed by atoms with E-state index in [1.54, 1.807) is 42.2 Å². The summed E-state index contributed by atoms with van der Waals surface area (Å²) in [6.07, 6.45) is 9.34. The summed E-state index contributed by atoms with van der Waals surface area (Å²) in [6, 6.07) is 7.91. The molecule has 0 spiro atoms. The van der Waals surface area contributed by atoms with E-state index in [0.29, 0.717) is 58.2 Å². The van der Waals surface area contributed by atoms with Crippen molar-refractivity contribution in [3.63, 3.8) is 0 Å². The second kappa shape index (κ2) is 13.0. The van der Waals surface area contributed by atoms with Crippen molar-refractivity contribution in [2.45, 2.75) is 32.2 Å². The molecule has 2 bridgehead atoms. The minimum Gasteiger partial charge on any atom is -0.403 e. The quantitative estimate of drug-likeness (QED) is 0.202. The Balaban J connectivity index is 1.81. The Morgan fingerprint density at radius 2 is 2.00 bits per heavy atom. The molecule has 13 heteroatoms. The zero-order chi connectivity index (χ0) is 29.7. The number of nitrogens with two attached hydrogens (primary N) is 3. The molecule has 2 aromatic heterocycles. The number of pyridine rings is 1. The number of nitrogens with zero attached hydrogens (tertiary/aromatic N) is 5. The molecule has 11 nitrogen and oxygen atoms in total. The van der Waals surface area contributed by atoms with Crippen LogP contribution in [-0.4, -0.2) is 33.2 Å². The van der Waals surface area contributed by atoms with Crippen molar-refractivity contribution in [1.29, 1.82) is 0 Å². The van der Waals surface area contributed by atoms with E-state index in [1.165, 1.54) is 29.8 Å². The zero-order valence-electron chi connectivity index (χ0n) is 22.6. The molecule has 0 saturated heterocycles. The summed E-state index contributed by atoms with van der Waals surface area (Å²) in [7, 11) is 1.61. The van der Waals surface area contributed by atoms with Crippen LogP contribution in [0.3, 0.4) is 0 Å². The molecule has 2 unspecified atom stereocenters. The number of rotatable bonds is 4. The Hall–Kier alpha value is -4.19. The third-order valence-corrected chi connectivity index (χ3v) is 7.16. The molecular weight excluding hydrogens is 565 g/mol. The smallest absolute Gasteiger partial charge is 0.254 e. The van der Waals surface area contributed by atoms with Crippen molar-refractivity contribution in [3.8, 4) is 11.3 Å². The maximum atomic E-state index is 13.6. The number of allylic oxidation sites excluding steroid dienone is 1. The first-order valence-corrected chi connectivity index (χ1v) is 13.6. The van der Waals surface area contributed by atoms with E-state index in [9.17, 15) is 9.59 Å². The van der Waals surface area contributed by atoms with Crippen LogP contribution < -0.4 is 33.2 Å². The van der Waals surface area contributed by atoms with Gasteiger partial charge in [-0.1, -0.05) is 36.5 Å². The van der Waals surface area contributed by atoms with Crippen molar-refractivity contribution < 1.29 is 4.79 Å². The number of nitrogens with one attached hydrogen (secondary N) is 1. The predicted molar refractivity (Wildman–Crippen MR) is 162 cm³/mol. The van der Waals surface area contributed by atoms with Gasteiger partial charge in [-0.2, -0.15) is 0 Å². The molecule has 2 atom stereocenters. The summed E-state index contributed by atoms with van der Waals surface area (Å²) >= 11 is 12.1. The van der Waals surface area contributed by atoms with E-state index >= 15 is 0 Å². The summed E-state index contributed by atoms with van der Waals surface area (Å²) in [5.74, 6) is 5.69. The Bertz CT molecular complexity index is 1600. The van der Waals surface area contributed by atoms with Crippen LogP contribution in [0, 0.1) is 5.92 Å². The molecule has 1 amide bonds. The highest BCUT2D eigenvalue weighted by atomic mass is 35.5. The number of benzene rings is 1. The normalized spacial score (nSPS) is 20.3. The van der Waals surface area contributed by atoms with Gasteiger partial charge in [0, 0.05) is 53.8 Å². The first-order valence-electron chi connectivity index (χ1n) is 12.8. The molecular formula is C28H31Cl2N9O2. The van der Waals surface area contributed by atoms with Crippen LogP contribution in [0.4, 0.5) is 5.69 Å². The van der Waals surface area contributed by atoms with Gasteiger partial charge >= 0.3 is 0 Å². The average Bonchev–Trinajstić information content (AvgIpc) is 2.94. The molecule has 41 heavy (non-hydrogen) atoms. The van der Waals surface area contributed by atoms with Gasteiger partial charge in [0.15, 0.2) is 0 Å². The molecule has 0 fully saturated rings. The molecule has 3 heterocycles.